The van der Waals surface area contributed by atoms with Crippen LogP contribution in [0.15, 0.2) is 0 Å². The van der Waals surface area contributed by atoms with Gasteiger partial charge in [0.25, 0.3) is 0 Å². The molecule has 8 saturated carbocycles. The predicted molar refractivity (Wildman–Crippen MR) is 99.7 cm³/mol. The normalized spacial score (nSPS) is 56.0. The number of rotatable bonds is 2. The first-order valence-corrected chi connectivity index (χ1v) is 11.6. The van der Waals surface area contributed by atoms with E-state index in [0.29, 0.717) is 11.1 Å². The van der Waals surface area contributed by atoms with E-state index in [9.17, 15) is 0 Å². The second-order valence-electron chi connectivity index (χ2n) is 11.8. The molecule has 9 rings (SSSR count). The summed E-state index contributed by atoms with van der Waals surface area (Å²) in [6.07, 6.45) is 21.4. The van der Waals surface area contributed by atoms with E-state index >= 15 is 0 Å². The minimum Gasteiger partial charge on any atom is -1.00 e. The van der Waals surface area contributed by atoms with Gasteiger partial charge in [-0.05, 0) is 113 Å². The molecule has 2 nitrogen and oxygen atoms in total. The molecule has 0 aromatic carbocycles. The van der Waals surface area contributed by atoms with E-state index in [4.69, 9.17) is 0 Å². The molecule has 9 aliphatic rings. The summed E-state index contributed by atoms with van der Waals surface area (Å²) in [6, 6.07) is 0. The first kappa shape index (κ1) is 16.7. The molecule has 144 valence electrons. The van der Waals surface area contributed by atoms with Crippen LogP contribution in [0.2, 0.25) is 0 Å². The average molecular weight is 375 g/mol. The fourth-order valence-corrected chi connectivity index (χ4v) is 10.1. The van der Waals surface area contributed by atoms with Crippen LogP contribution in [0.1, 0.15) is 77.0 Å². The predicted octanol–water partition coefficient (Wildman–Crippen LogP) is 1.28. The summed E-state index contributed by atoms with van der Waals surface area (Å²) in [7, 11) is 0. The molecule has 0 amide bonds. The topological polar surface area (TPSA) is 6.25 Å². The Bertz CT molecular complexity index is 568. The lowest BCUT2D eigenvalue weighted by Gasteiger charge is -2.57. The maximum absolute atomic E-state index is 2.91. The van der Waals surface area contributed by atoms with E-state index in [2.05, 4.69) is 15.8 Å². The lowest BCUT2D eigenvalue weighted by molar-refractivity contribution is -0.614. The summed E-state index contributed by atoms with van der Waals surface area (Å²) in [5.74, 6) is 6.46. The Labute approximate surface area is 165 Å². The highest BCUT2D eigenvalue weighted by molar-refractivity contribution is 5.53. The SMILES string of the molecule is C1=[N+](C23CC4CC(CC(C4)C2)C3)CCN1C12CC3CC(CC(C3)C1)C2.[Cl-]. The van der Waals surface area contributed by atoms with Crippen molar-refractivity contribution in [2.24, 2.45) is 35.5 Å². The largest absolute Gasteiger partial charge is 1.00 e. The third-order valence-electron chi connectivity index (χ3n) is 10.1. The molecule has 0 aromatic rings. The van der Waals surface area contributed by atoms with E-state index < -0.39 is 0 Å². The Morgan fingerprint density at radius 3 is 1.54 bits per heavy atom. The van der Waals surface area contributed by atoms with Gasteiger partial charge in [-0.15, -0.1) is 0 Å². The van der Waals surface area contributed by atoms with Gasteiger partial charge in [-0.3, -0.25) is 9.48 Å². The molecule has 1 heterocycles. The van der Waals surface area contributed by atoms with E-state index in [1.807, 2.05) is 0 Å². The zero-order chi connectivity index (χ0) is 16.2. The molecule has 8 fully saturated rings. The first-order chi connectivity index (χ1) is 12.2. The van der Waals surface area contributed by atoms with Crippen LogP contribution in [0.4, 0.5) is 0 Å². The molecule has 26 heavy (non-hydrogen) atoms. The molecule has 0 unspecified atom stereocenters. The maximum atomic E-state index is 2.91. The summed E-state index contributed by atoms with van der Waals surface area (Å²) in [4.78, 5) is 2.91. The zero-order valence-electron chi connectivity index (χ0n) is 16.2. The Morgan fingerprint density at radius 1 is 0.654 bits per heavy atom. The van der Waals surface area contributed by atoms with Gasteiger partial charge in [-0.1, -0.05) is 0 Å². The maximum Gasteiger partial charge on any atom is 0.235 e. The second-order valence-corrected chi connectivity index (χ2v) is 11.8. The summed E-state index contributed by atoms with van der Waals surface area (Å²) in [5.41, 5.74) is 1.18. The molecular formula is C23H35ClN2. The van der Waals surface area contributed by atoms with Gasteiger partial charge in [-0.25, -0.2) is 0 Å². The molecule has 0 aromatic heterocycles. The fourth-order valence-electron chi connectivity index (χ4n) is 10.1. The zero-order valence-corrected chi connectivity index (χ0v) is 17.0. The fraction of sp³-hybridized carbons (Fsp3) is 0.957. The Morgan fingerprint density at radius 2 is 1.08 bits per heavy atom. The van der Waals surface area contributed by atoms with Crippen molar-refractivity contribution in [1.29, 1.82) is 0 Å². The lowest BCUT2D eigenvalue weighted by Crippen LogP contribution is -3.00. The van der Waals surface area contributed by atoms with Crippen LogP contribution < -0.4 is 12.4 Å². The number of hydrogen-bond acceptors (Lipinski definition) is 1. The van der Waals surface area contributed by atoms with E-state index in [1.165, 1.54) is 51.6 Å². The van der Waals surface area contributed by atoms with Gasteiger partial charge in [0.05, 0.1) is 0 Å². The van der Waals surface area contributed by atoms with Crippen molar-refractivity contribution in [2.45, 2.75) is 88.1 Å². The molecule has 0 saturated heterocycles. The molecule has 0 N–H and O–H groups in total. The monoisotopic (exact) mass is 374 g/mol. The summed E-state index contributed by atoms with van der Waals surface area (Å²) in [5, 5.41) is 0. The number of nitrogens with zero attached hydrogens (tertiary/aromatic N) is 2. The Hall–Kier alpha value is -0.240. The number of hydrogen-bond donors (Lipinski definition) is 0. The quantitative estimate of drug-likeness (QED) is 0.660. The highest BCUT2D eigenvalue weighted by atomic mass is 35.5. The highest BCUT2D eigenvalue weighted by Gasteiger charge is 2.59. The highest BCUT2D eigenvalue weighted by Crippen LogP contribution is 2.59. The smallest absolute Gasteiger partial charge is 0.235 e. The summed E-state index contributed by atoms with van der Waals surface area (Å²) >= 11 is 0. The van der Waals surface area contributed by atoms with Crippen molar-refractivity contribution in [2.75, 3.05) is 13.1 Å². The van der Waals surface area contributed by atoms with Gasteiger partial charge >= 0.3 is 0 Å². The van der Waals surface area contributed by atoms with Crippen LogP contribution in [0.3, 0.4) is 0 Å². The summed E-state index contributed by atoms with van der Waals surface area (Å²) in [6.45, 7) is 2.68. The number of halogens is 1. The van der Waals surface area contributed by atoms with E-state index in [-0.39, 0.29) is 12.4 Å². The van der Waals surface area contributed by atoms with Gasteiger partial charge in [-0.2, -0.15) is 0 Å². The lowest BCUT2D eigenvalue weighted by atomic mass is 9.52. The molecule has 0 radical (unpaired) electrons. The molecule has 0 atom stereocenters. The molecule has 0 spiro atoms. The standard InChI is InChI=1S/C23H35N2.ClH/c1-2-25(23-12-19-6-20(13-23)8-21(7-19)14-23)15-24(1)22-9-16-3-17(10-22)5-18(4-16)11-22;/h15-21H,1-14H2;1H/q+1;/p-1. The molecular weight excluding hydrogens is 340 g/mol. The van der Waals surface area contributed by atoms with Crippen LogP contribution in [-0.2, 0) is 0 Å². The minimum atomic E-state index is 0. The van der Waals surface area contributed by atoms with E-state index in [0.717, 1.165) is 35.5 Å². The van der Waals surface area contributed by atoms with Crippen molar-refractivity contribution in [1.82, 2.24) is 4.90 Å². The molecule has 1 aliphatic heterocycles. The van der Waals surface area contributed by atoms with Crippen LogP contribution in [-0.4, -0.2) is 40.0 Å². The van der Waals surface area contributed by atoms with Crippen molar-refractivity contribution in [3.63, 3.8) is 0 Å². The average Bonchev–Trinajstić information content (AvgIpc) is 3.04. The van der Waals surface area contributed by atoms with Gasteiger partial charge in [0.2, 0.25) is 6.34 Å². The van der Waals surface area contributed by atoms with Crippen molar-refractivity contribution >= 4 is 6.34 Å². The van der Waals surface area contributed by atoms with Crippen LogP contribution >= 0.6 is 0 Å². The summed E-state index contributed by atoms with van der Waals surface area (Å²) < 4.78 is 2.91. The molecule has 3 heteroatoms. The third-order valence-corrected chi connectivity index (χ3v) is 10.1. The third kappa shape index (κ3) is 2.20. The van der Waals surface area contributed by atoms with Crippen molar-refractivity contribution in [3.8, 4) is 0 Å². The van der Waals surface area contributed by atoms with Crippen LogP contribution in [0.25, 0.3) is 0 Å². The van der Waals surface area contributed by atoms with Crippen molar-refractivity contribution in [3.05, 3.63) is 0 Å². The van der Waals surface area contributed by atoms with Gasteiger partial charge in [0, 0.05) is 0 Å². The van der Waals surface area contributed by atoms with Gasteiger partial charge in [0.1, 0.15) is 24.2 Å². The Balaban J connectivity index is 0.00000137. The van der Waals surface area contributed by atoms with Crippen LogP contribution in [0, 0.1) is 35.5 Å². The van der Waals surface area contributed by atoms with Gasteiger partial charge < -0.3 is 12.4 Å². The second kappa shape index (κ2) is 5.43. The first-order valence-electron chi connectivity index (χ1n) is 11.6. The minimum absolute atomic E-state index is 0. The van der Waals surface area contributed by atoms with Crippen molar-refractivity contribution < 1.29 is 17.0 Å². The van der Waals surface area contributed by atoms with Gasteiger partial charge in [0.15, 0.2) is 0 Å². The molecule has 8 aliphatic carbocycles. The molecule has 8 bridgehead atoms. The van der Waals surface area contributed by atoms with E-state index in [1.54, 1.807) is 38.5 Å². The van der Waals surface area contributed by atoms with Crippen LogP contribution in [0.5, 0.6) is 0 Å². The Kier molecular flexibility index (Phi) is 3.48.